The first kappa shape index (κ1) is 10.5. The molecule has 0 saturated heterocycles. The zero-order chi connectivity index (χ0) is 11.4. The number of likely N-dealkylation sites (N-methyl/N-ethyl adjacent to an activating group) is 2. The van der Waals surface area contributed by atoms with E-state index in [1.54, 1.807) is 0 Å². The van der Waals surface area contributed by atoms with E-state index in [9.17, 15) is 0 Å². The molecule has 3 rings (SSSR count). The molecule has 6 atom stereocenters. The minimum atomic E-state index is 0.276. The number of rotatable bonds is 2. The molecular weight excluding hydrogens is 204 g/mol. The largest absolute Gasteiger partial charge is 0.378 e. The van der Waals surface area contributed by atoms with E-state index in [2.05, 4.69) is 29.9 Å². The van der Waals surface area contributed by atoms with Crippen molar-refractivity contribution in [2.45, 2.75) is 30.7 Å². The Hall–Kier alpha value is -0.610. The van der Waals surface area contributed by atoms with Gasteiger partial charge < -0.3 is 9.47 Å². The average Bonchev–Trinajstić information content (AvgIpc) is 2.88. The van der Waals surface area contributed by atoms with E-state index in [1.807, 2.05) is 14.2 Å². The second kappa shape index (κ2) is 3.44. The molecule has 0 amide bonds. The van der Waals surface area contributed by atoms with Gasteiger partial charge in [-0.2, -0.15) is 0 Å². The third kappa shape index (κ3) is 1.09. The van der Waals surface area contributed by atoms with Crippen molar-refractivity contribution in [1.29, 1.82) is 0 Å². The first-order valence-electron chi connectivity index (χ1n) is 6.03. The fraction of sp³-hybridized carbons (Fsp3) is 0.917. The third-order valence-corrected chi connectivity index (χ3v) is 4.79. The first-order valence-corrected chi connectivity index (χ1v) is 6.03. The summed E-state index contributed by atoms with van der Waals surface area (Å²) in [6.07, 6.45) is 4.02. The molecule has 2 saturated carbocycles. The molecule has 0 N–H and O–H groups in total. The molecule has 1 heterocycles. The van der Waals surface area contributed by atoms with Gasteiger partial charge in [0.25, 0.3) is 0 Å². The molecule has 90 valence electrons. The van der Waals surface area contributed by atoms with E-state index < -0.39 is 0 Å². The zero-order valence-corrected chi connectivity index (χ0v) is 10.5. The molecule has 2 bridgehead atoms. The van der Waals surface area contributed by atoms with Gasteiger partial charge in [0.1, 0.15) is 12.1 Å². The van der Waals surface area contributed by atoms with Gasteiger partial charge in [0.05, 0.1) is 26.3 Å². The molecule has 4 heteroatoms. The van der Waals surface area contributed by atoms with Gasteiger partial charge in [-0.3, -0.25) is 9.48 Å². The van der Waals surface area contributed by atoms with Gasteiger partial charge in [-0.25, -0.2) is 0 Å². The number of methoxy groups -OCH3 is 2. The Bertz CT molecular complexity index is 331. The van der Waals surface area contributed by atoms with Gasteiger partial charge >= 0.3 is 0 Å². The van der Waals surface area contributed by atoms with Crippen LogP contribution in [0.3, 0.4) is 0 Å². The second-order valence-corrected chi connectivity index (χ2v) is 5.39. The monoisotopic (exact) mass is 225 g/mol. The van der Waals surface area contributed by atoms with Crippen LogP contribution >= 0.6 is 0 Å². The maximum atomic E-state index is 5.66. The topological polar surface area (TPSA) is 24.7 Å². The van der Waals surface area contributed by atoms with Crippen LogP contribution in [0, 0.1) is 11.8 Å². The summed E-state index contributed by atoms with van der Waals surface area (Å²) in [5.41, 5.74) is 0. The van der Waals surface area contributed by atoms with Crippen LogP contribution in [0.4, 0.5) is 0 Å². The summed E-state index contributed by atoms with van der Waals surface area (Å²) in [5, 5.41) is 0. The maximum Gasteiger partial charge on any atom is 0.234 e. The fourth-order valence-electron chi connectivity index (χ4n) is 4.39. The molecule has 0 spiro atoms. The van der Waals surface area contributed by atoms with Gasteiger partial charge in [0, 0.05) is 26.1 Å². The number of fused-ring (bicyclic) bond motifs is 5. The Morgan fingerprint density at radius 2 is 1.81 bits per heavy atom. The van der Waals surface area contributed by atoms with Crippen molar-refractivity contribution in [3.8, 4) is 0 Å². The Kier molecular flexibility index (Phi) is 2.27. The highest BCUT2D eigenvalue weighted by molar-refractivity contribution is 5.52. The lowest BCUT2D eigenvalue weighted by Crippen LogP contribution is -2.53. The van der Waals surface area contributed by atoms with Crippen LogP contribution in [-0.2, 0) is 9.47 Å². The summed E-state index contributed by atoms with van der Waals surface area (Å²) in [4.78, 5) is 2.35. The van der Waals surface area contributed by atoms with Crippen LogP contribution in [0.1, 0.15) is 6.42 Å². The van der Waals surface area contributed by atoms with Gasteiger partial charge in [0.15, 0.2) is 0 Å². The lowest BCUT2D eigenvalue weighted by atomic mass is 9.86. The minimum Gasteiger partial charge on any atom is -0.378 e. The lowest BCUT2D eigenvalue weighted by molar-refractivity contribution is -0.538. The first-order chi connectivity index (χ1) is 7.69. The summed E-state index contributed by atoms with van der Waals surface area (Å²) in [7, 11) is 7.98. The van der Waals surface area contributed by atoms with Crippen LogP contribution < -0.4 is 0 Å². The smallest absolute Gasteiger partial charge is 0.234 e. The van der Waals surface area contributed by atoms with Crippen LogP contribution in [0.5, 0.6) is 0 Å². The van der Waals surface area contributed by atoms with Gasteiger partial charge in [-0.1, -0.05) is 0 Å². The summed E-state index contributed by atoms with van der Waals surface area (Å²) < 4.78 is 13.7. The van der Waals surface area contributed by atoms with E-state index in [0.29, 0.717) is 23.9 Å². The number of nitrogens with zero attached hydrogens (tertiary/aromatic N) is 2. The molecule has 16 heavy (non-hydrogen) atoms. The van der Waals surface area contributed by atoms with E-state index in [-0.39, 0.29) is 12.2 Å². The molecule has 2 fully saturated rings. The number of ether oxygens (including phenoxy) is 2. The Balaban J connectivity index is 1.93. The van der Waals surface area contributed by atoms with Crippen molar-refractivity contribution in [2.75, 3.05) is 28.3 Å². The van der Waals surface area contributed by atoms with Gasteiger partial charge in [-0.05, 0) is 6.42 Å². The highest BCUT2D eigenvalue weighted by Crippen LogP contribution is 2.51. The predicted octanol–water partition coefficient (Wildman–Crippen LogP) is 0.0193. The Labute approximate surface area is 96.8 Å². The van der Waals surface area contributed by atoms with Crippen LogP contribution in [0.2, 0.25) is 0 Å². The van der Waals surface area contributed by atoms with Crippen molar-refractivity contribution in [1.82, 2.24) is 4.90 Å². The van der Waals surface area contributed by atoms with Gasteiger partial charge in [0.2, 0.25) is 6.34 Å². The Morgan fingerprint density at radius 3 is 2.44 bits per heavy atom. The minimum absolute atomic E-state index is 0.276. The van der Waals surface area contributed by atoms with E-state index in [0.717, 1.165) is 0 Å². The summed E-state index contributed by atoms with van der Waals surface area (Å²) in [6, 6.07) is 1.23. The fourth-order valence-corrected chi connectivity index (χ4v) is 4.39. The summed E-state index contributed by atoms with van der Waals surface area (Å²) >= 11 is 0. The zero-order valence-electron chi connectivity index (χ0n) is 10.5. The summed E-state index contributed by atoms with van der Waals surface area (Å²) in [5.74, 6) is 1.24. The highest BCUT2D eigenvalue weighted by atomic mass is 16.5. The lowest BCUT2D eigenvalue weighted by Gasteiger charge is -2.35. The average molecular weight is 225 g/mol. The molecular formula is C12H21N2O2+. The second-order valence-electron chi connectivity index (χ2n) is 5.39. The van der Waals surface area contributed by atoms with Gasteiger partial charge in [-0.15, -0.1) is 0 Å². The number of hydrogen-bond acceptors (Lipinski definition) is 3. The standard InChI is InChI=1S/C12H21N2O2/c1-13-6-14(2)10-8-5-7(9(10)13)11(15-3)12(8)16-4/h6-12H,5H2,1-4H3/q+1/t7-,8+,9-,10+,11+,12-. The van der Waals surface area contributed by atoms with E-state index in [4.69, 9.17) is 9.47 Å². The molecule has 1 aliphatic heterocycles. The van der Waals surface area contributed by atoms with Crippen molar-refractivity contribution in [3.05, 3.63) is 0 Å². The quantitative estimate of drug-likeness (QED) is 0.619. The van der Waals surface area contributed by atoms with Crippen LogP contribution in [-0.4, -0.2) is 68.4 Å². The van der Waals surface area contributed by atoms with Crippen LogP contribution in [0.25, 0.3) is 0 Å². The SMILES string of the molecule is CO[C@@H]1[C@H]2C[C@@H]([C@@H]1OC)[C@@H]1[C@H]2[N+](C)=CN1C. The molecule has 0 aromatic carbocycles. The van der Waals surface area contributed by atoms with Crippen LogP contribution in [0.15, 0.2) is 0 Å². The Morgan fingerprint density at radius 1 is 1.19 bits per heavy atom. The normalized spacial score (nSPS) is 49.8. The molecule has 0 aromatic rings. The molecule has 0 aromatic heterocycles. The molecule has 4 nitrogen and oxygen atoms in total. The molecule has 2 aliphatic carbocycles. The maximum absolute atomic E-state index is 5.66. The molecule has 0 radical (unpaired) electrons. The van der Waals surface area contributed by atoms with E-state index in [1.165, 1.54) is 6.42 Å². The number of hydrogen-bond donors (Lipinski definition) is 0. The molecule has 3 aliphatic rings. The third-order valence-electron chi connectivity index (χ3n) is 4.79. The van der Waals surface area contributed by atoms with Crippen molar-refractivity contribution in [2.24, 2.45) is 11.8 Å². The van der Waals surface area contributed by atoms with Crippen molar-refractivity contribution < 1.29 is 14.0 Å². The van der Waals surface area contributed by atoms with Crippen molar-refractivity contribution in [3.63, 3.8) is 0 Å². The predicted molar refractivity (Wildman–Crippen MR) is 60.8 cm³/mol. The molecule has 0 unspecified atom stereocenters. The van der Waals surface area contributed by atoms with Crippen molar-refractivity contribution >= 4 is 6.34 Å². The highest BCUT2D eigenvalue weighted by Gasteiger charge is 2.65. The summed E-state index contributed by atoms with van der Waals surface area (Å²) in [6.45, 7) is 0. The van der Waals surface area contributed by atoms with E-state index >= 15 is 0 Å².